The summed E-state index contributed by atoms with van der Waals surface area (Å²) in [5.74, 6) is 1.72. The number of benzene rings is 3. The van der Waals surface area contributed by atoms with Gasteiger partial charge in [-0.15, -0.1) is 0 Å². The van der Waals surface area contributed by atoms with Crippen molar-refractivity contribution in [3.05, 3.63) is 77.9 Å². The molecule has 2 fully saturated rings. The fourth-order valence-corrected chi connectivity index (χ4v) is 7.81. The number of nitrogens with zero attached hydrogens (tertiary/aromatic N) is 2. The molecule has 1 saturated carbocycles. The van der Waals surface area contributed by atoms with Crippen LogP contribution < -0.4 is 14.2 Å². The Labute approximate surface area is 220 Å². The second-order valence-corrected chi connectivity index (χ2v) is 11.5. The number of ether oxygens (including phenoxy) is 3. The van der Waals surface area contributed by atoms with Crippen molar-refractivity contribution in [2.24, 2.45) is 5.92 Å². The van der Waals surface area contributed by atoms with Crippen molar-refractivity contribution in [1.29, 1.82) is 0 Å². The Morgan fingerprint density at radius 2 is 1.84 bits per heavy atom. The van der Waals surface area contributed by atoms with Gasteiger partial charge in [0.1, 0.15) is 45.9 Å². The molecule has 4 aromatic rings. The minimum absolute atomic E-state index is 0.0799. The summed E-state index contributed by atoms with van der Waals surface area (Å²) in [4.78, 5) is 8.32. The van der Waals surface area contributed by atoms with Crippen molar-refractivity contribution in [3.63, 3.8) is 0 Å². The van der Waals surface area contributed by atoms with Crippen LogP contribution in [0, 0.1) is 11.7 Å². The lowest BCUT2D eigenvalue weighted by molar-refractivity contribution is 0.237. The van der Waals surface area contributed by atoms with Gasteiger partial charge < -0.3 is 19.2 Å². The number of aromatic amines is 1. The quantitative estimate of drug-likeness (QED) is 0.332. The predicted molar refractivity (Wildman–Crippen MR) is 139 cm³/mol. The molecule has 0 unspecified atom stereocenters. The Morgan fingerprint density at radius 1 is 1.03 bits per heavy atom. The zero-order chi connectivity index (χ0) is 26.4. The summed E-state index contributed by atoms with van der Waals surface area (Å²) in [6.45, 7) is 0.256. The molecule has 0 radical (unpaired) electrons. The molecule has 1 aliphatic carbocycles. The third-order valence-electron chi connectivity index (χ3n) is 7.53. The average Bonchev–Trinajstić information content (AvgIpc) is 3.67. The van der Waals surface area contributed by atoms with Crippen LogP contribution in [0.25, 0.3) is 11.0 Å². The highest BCUT2D eigenvalue weighted by Gasteiger charge is 2.53. The van der Waals surface area contributed by atoms with E-state index in [0.29, 0.717) is 22.8 Å². The summed E-state index contributed by atoms with van der Waals surface area (Å²) in [5, 5.41) is 0. The Balaban J connectivity index is 1.36. The SMILES string of the molecule is COc1ccc(OC)c(S(=O)(=O)N2[C@@H]3CC[C@@H](C3)[C@H]2c2nc3c(OCc4ccc(F)cc4)cccc3[nH]2)c1. The largest absolute Gasteiger partial charge is 0.497 e. The number of nitrogens with one attached hydrogen (secondary N) is 1. The highest BCUT2D eigenvalue weighted by molar-refractivity contribution is 7.89. The first-order valence-electron chi connectivity index (χ1n) is 12.5. The number of para-hydroxylation sites is 1. The molecule has 1 saturated heterocycles. The average molecular weight is 538 g/mol. The van der Waals surface area contributed by atoms with E-state index >= 15 is 0 Å². The van der Waals surface area contributed by atoms with Crippen LogP contribution in [0.5, 0.6) is 17.2 Å². The summed E-state index contributed by atoms with van der Waals surface area (Å²) >= 11 is 0. The molecule has 8 nitrogen and oxygen atoms in total. The standard InChI is InChI=1S/C28H28FN3O5S/c1-35-21-12-13-23(36-2)25(15-21)38(33,34)32-20-11-8-18(14-20)27(32)28-30-22-4-3-5-24(26(22)31-28)37-16-17-6-9-19(29)10-7-17/h3-7,9-10,12-13,15,18,20,27H,8,11,14,16H2,1-2H3,(H,30,31)/t18-,20+,27-/m0/s1. The van der Waals surface area contributed by atoms with Gasteiger partial charge in [-0.05, 0) is 67.1 Å². The Kier molecular flexibility index (Phi) is 6.23. The molecule has 38 heavy (non-hydrogen) atoms. The Morgan fingerprint density at radius 3 is 2.61 bits per heavy atom. The molecule has 2 bridgehead atoms. The monoisotopic (exact) mass is 537 g/mol. The molecule has 3 atom stereocenters. The van der Waals surface area contributed by atoms with E-state index < -0.39 is 16.1 Å². The number of piperidine rings is 1. The lowest BCUT2D eigenvalue weighted by Gasteiger charge is -2.33. The van der Waals surface area contributed by atoms with Gasteiger partial charge in [0.15, 0.2) is 0 Å². The van der Waals surface area contributed by atoms with Gasteiger partial charge in [0.2, 0.25) is 10.0 Å². The molecule has 1 N–H and O–H groups in total. The summed E-state index contributed by atoms with van der Waals surface area (Å²) < 4.78 is 59.9. The fourth-order valence-electron chi connectivity index (χ4n) is 5.76. The number of sulfonamides is 1. The highest BCUT2D eigenvalue weighted by atomic mass is 32.2. The maximum absolute atomic E-state index is 14.1. The molecule has 0 amide bonds. The summed E-state index contributed by atoms with van der Waals surface area (Å²) in [6.07, 6.45) is 2.52. The normalized spacial score (nSPS) is 21.2. The topological polar surface area (TPSA) is 93.8 Å². The van der Waals surface area contributed by atoms with Crippen LogP contribution in [0.1, 0.15) is 36.7 Å². The van der Waals surface area contributed by atoms with Crippen molar-refractivity contribution in [1.82, 2.24) is 14.3 Å². The first-order valence-corrected chi connectivity index (χ1v) is 13.9. The van der Waals surface area contributed by atoms with Gasteiger partial charge in [-0.25, -0.2) is 17.8 Å². The number of hydrogen-bond donors (Lipinski definition) is 1. The van der Waals surface area contributed by atoms with Gasteiger partial charge in [0.05, 0.1) is 25.8 Å². The smallest absolute Gasteiger partial charge is 0.247 e. The number of aromatic nitrogens is 2. The molecule has 198 valence electrons. The van der Waals surface area contributed by atoms with Crippen molar-refractivity contribution in [2.75, 3.05) is 14.2 Å². The van der Waals surface area contributed by atoms with Crippen LogP contribution in [0.3, 0.4) is 0 Å². The second-order valence-electron chi connectivity index (χ2n) is 9.71. The van der Waals surface area contributed by atoms with Crippen LogP contribution in [-0.4, -0.2) is 43.0 Å². The van der Waals surface area contributed by atoms with E-state index in [0.717, 1.165) is 30.3 Å². The van der Waals surface area contributed by atoms with E-state index in [4.69, 9.17) is 19.2 Å². The molecule has 3 aromatic carbocycles. The van der Waals surface area contributed by atoms with E-state index in [2.05, 4.69) is 4.98 Å². The van der Waals surface area contributed by atoms with Crippen LogP contribution in [0.15, 0.2) is 65.6 Å². The van der Waals surface area contributed by atoms with E-state index in [1.807, 2.05) is 18.2 Å². The summed E-state index contributed by atoms with van der Waals surface area (Å²) in [5.41, 5.74) is 2.22. The Hall–Kier alpha value is -3.63. The van der Waals surface area contributed by atoms with Crippen LogP contribution in [-0.2, 0) is 16.6 Å². The molecule has 6 rings (SSSR count). The number of imidazole rings is 1. The molecule has 10 heteroatoms. The van der Waals surface area contributed by atoms with E-state index in [-0.39, 0.29) is 35.0 Å². The molecule has 0 spiro atoms. The highest BCUT2D eigenvalue weighted by Crippen LogP contribution is 2.53. The first kappa shape index (κ1) is 24.7. The number of methoxy groups -OCH3 is 2. The number of halogens is 1. The third-order valence-corrected chi connectivity index (χ3v) is 9.49. The summed E-state index contributed by atoms with van der Waals surface area (Å²) in [6, 6.07) is 16.0. The van der Waals surface area contributed by atoms with Crippen molar-refractivity contribution in [3.8, 4) is 17.2 Å². The number of hydrogen-bond acceptors (Lipinski definition) is 6. The number of fused-ring (bicyclic) bond motifs is 3. The minimum Gasteiger partial charge on any atom is -0.497 e. The number of rotatable bonds is 8. The molecular weight excluding hydrogens is 509 g/mol. The molecule has 2 aliphatic rings. The lowest BCUT2D eigenvalue weighted by Crippen LogP contribution is -2.40. The van der Waals surface area contributed by atoms with E-state index in [1.165, 1.54) is 32.4 Å². The molecular formula is C28H28FN3O5S. The molecule has 1 aromatic heterocycles. The molecule has 1 aliphatic heterocycles. The van der Waals surface area contributed by atoms with Gasteiger partial charge in [-0.3, -0.25) is 0 Å². The maximum atomic E-state index is 14.1. The van der Waals surface area contributed by atoms with Gasteiger partial charge in [0.25, 0.3) is 0 Å². The van der Waals surface area contributed by atoms with Gasteiger partial charge in [-0.1, -0.05) is 18.2 Å². The van der Waals surface area contributed by atoms with Crippen LogP contribution in [0.4, 0.5) is 4.39 Å². The van der Waals surface area contributed by atoms with Crippen molar-refractivity contribution >= 4 is 21.1 Å². The minimum atomic E-state index is -3.93. The summed E-state index contributed by atoms with van der Waals surface area (Å²) in [7, 11) is -0.971. The van der Waals surface area contributed by atoms with Gasteiger partial charge in [0, 0.05) is 12.1 Å². The third kappa shape index (κ3) is 4.17. The zero-order valence-corrected chi connectivity index (χ0v) is 21.9. The first-order chi connectivity index (χ1) is 18.4. The van der Waals surface area contributed by atoms with E-state index in [9.17, 15) is 12.8 Å². The van der Waals surface area contributed by atoms with Gasteiger partial charge >= 0.3 is 0 Å². The van der Waals surface area contributed by atoms with Crippen LogP contribution >= 0.6 is 0 Å². The maximum Gasteiger partial charge on any atom is 0.247 e. The number of H-pyrrole nitrogens is 1. The molecule has 2 heterocycles. The van der Waals surface area contributed by atoms with Crippen molar-refractivity contribution < 1.29 is 27.0 Å². The second kappa shape index (κ2) is 9.59. The van der Waals surface area contributed by atoms with Gasteiger partial charge in [-0.2, -0.15) is 4.31 Å². The fraction of sp³-hybridized carbons (Fsp3) is 0.321. The predicted octanol–water partition coefficient (Wildman–Crippen LogP) is 5.21. The van der Waals surface area contributed by atoms with Crippen molar-refractivity contribution in [2.45, 2.75) is 42.8 Å². The zero-order valence-electron chi connectivity index (χ0n) is 21.1. The Bertz CT molecular complexity index is 1590. The van der Waals surface area contributed by atoms with E-state index in [1.54, 1.807) is 28.6 Å². The van der Waals surface area contributed by atoms with Crippen LogP contribution in [0.2, 0.25) is 0 Å². The lowest BCUT2D eigenvalue weighted by atomic mass is 9.99.